The van der Waals surface area contributed by atoms with E-state index in [1.54, 1.807) is 0 Å². The van der Waals surface area contributed by atoms with Crippen molar-refractivity contribution in [1.29, 1.82) is 0 Å². The number of aromatic amines is 1. The molecule has 1 aliphatic heterocycles. The predicted molar refractivity (Wildman–Crippen MR) is 34.8 cm³/mol. The van der Waals surface area contributed by atoms with Gasteiger partial charge < -0.3 is 10.3 Å². The lowest BCUT2D eigenvalue weighted by molar-refractivity contribution is 0.742. The van der Waals surface area contributed by atoms with Gasteiger partial charge in [-0.25, -0.2) is 0 Å². The van der Waals surface area contributed by atoms with Crippen molar-refractivity contribution in [2.24, 2.45) is 0 Å². The first-order chi connectivity index (χ1) is 4.47. The molecule has 2 heterocycles. The topological polar surface area (TPSA) is 27.8 Å². The van der Waals surface area contributed by atoms with Gasteiger partial charge >= 0.3 is 0 Å². The second-order valence-electron chi connectivity index (χ2n) is 2.17. The summed E-state index contributed by atoms with van der Waals surface area (Å²) in [7, 11) is 0. The van der Waals surface area contributed by atoms with Crippen LogP contribution in [0.2, 0.25) is 0 Å². The van der Waals surface area contributed by atoms with Crippen molar-refractivity contribution in [1.82, 2.24) is 10.3 Å². The molecule has 1 aromatic rings. The second-order valence-corrected chi connectivity index (χ2v) is 2.17. The molecule has 0 atom stereocenters. The zero-order chi connectivity index (χ0) is 6.10. The van der Waals surface area contributed by atoms with E-state index in [2.05, 4.69) is 16.8 Å². The molecule has 1 aliphatic rings. The molecule has 0 aliphatic carbocycles. The van der Waals surface area contributed by atoms with Gasteiger partial charge in [0, 0.05) is 24.9 Å². The van der Waals surface area contributed by atoms with Gasteiger partial charge in [0.2, 0.25) is 0 Å². The van der Waals surface area contributed by atoms with Crippen molar-refractivity contribution >= 4 is 0 Å². The van der Waals surface area contributed by atoms with Crippen LogP contribution in [0.3, 0.4) is 0 Å². The van der Waals surface area contributed by atoms with Gasteiger partial charge in [0.1, 0.15) is 0 Å². The summed E-state index contributed by atoms with van der Waals surface area (Å²) in [6.45, 7) is 4.07. The molecule has 2 rings (SSSR count). The van der Waals surface area contributed by atoms with Gasteiger partial charge in [-0.05, 0) is 11.6 Å². The molecule has 46 valence electrons. The van der Waals surface area contributed by atoms with E-state index in [0.29, 0.717) is 0 Å². The molecular weight excluding hydrogens is 112 g/mol. The third-order valence-electron chi connectivity index (χ3n) is 1.56. The van der Waals surface area contributed by atoms with Crippen molar-refractivity contribution in [3.63, 3.8) is 0 Å². The second kappa shape index (κ2) is 1.88. The minimum absolute atomic E-state index is 1.01. The third kappa shape index (κ3) is 0.754. The fourth-order valence-corrected chi connectivity index (χ4v) is 1.07. The Kier molecular flexibility index (Phi) is 1.06. The Bertz CT molecular complexity index is 182. The molecule has 0 fully saturated rings. The normalized spacial score (nSPS) is 17.3. The van der Waals surface area contributed by atoms with Crippen LogP contribution in [0.25, 0.3) is 0 Å². The quantitative estimate of drug-likeness (QED) is 0.514. The minimum Gasteiger partial charge on any atom is -0.365 e. The highest BCUT2D eigenvalue weighted by atomic mass is 14.9. The highest BCUT2D eigenvalue weighted by molar-refractivity contribution is 5.29. The molecule has 0 amide bonds. The molecule has 2 radical (unpaired) electrons. The van der Waals surface area contributed by atoms with Crippen LogP contribution in [-0.2, 0) is 6.42 Å². The Morgan fingerprint density at radius 2 is 2.56 bits per heavy atom. The number of aromatic nitrogens is 1. The summed E-state index contributed by atoms with van der Waals surface area (Å²) in [6, 6.07) is 2.03. The third-order valence-corrected chi connectivity index (χ3v) is 1.56. The molecule has 2 nitrogen and oxygen atoms in total. The van der Waals surface area contributed by atoms with Gasteiger partial charge in [-0.2, -0.15) is 0 Å². The number of hydrogen-bond acceptors (Lipinski definition) is 1. The van der Waals surface area contributed by atoms with Crippen LogP contribution in [0.5, 0.6) is 0 Å². The standard InChI is InChI=1S/C7H8N2/c1-4-9-7-2-3-8-5-6(1)7/h1,4,8-9H,2-3H2. The van der Waals surface area contributed by atoms with Crippen molar-refractivity contribution in [3.8, 4) is 0 Å². The highest BCUT2D eigenvalue weighted by Crippen LogP contribution is 2.11. The van der Waals surface area contributed by atoms with Crippen LogP contribution >= 0.6 is 0 Å². The van der Waals surface area contributed by atoms with Gasteiger partial charge in [0.25, 0.3) is 0 Å². The number of H-pyrrole nitrogens is 1. The molecule has 9 heavy (non-hydrogen) atoms. The van der Waals surface area contributed by atoms with Crippen LogP contribution in [0.1, 0.15) is 11.3 Å². The minimum atomic E-state index is 1.01. The maximum atomic E-state index is 3.16. The van der Waals surface area contributed by atoms with Gasteiger partial charge in [0.15, 0.2) is 0 Å². The molecule has 0 aromatic carbocycles. The Morgan fingerprint density at radius 1 is 1.56 bits per heavy atom. The van der Waals surface area contributed by atoms with Crippen LogP contribution in [0, 0.1) is 6.54 Å². The molecule has 0 saturated carbocycles. The Morgan fingerprint density at radius 3 is 3.44 bits per heavy atom. The number of nitrogens with one attached hydrogen (secondary N) is 2. The SMILES string of the molecule is [C]1NCCc2[nH]ccc21. The zero-order valence-corrected chi connectivity index (χ0v) is 5.07. The van der Waals surface area contributed by atoms with E-state index in [-0.39, 0.29) is 0 Å². The van der Waals surface area contributed by atoms with Gasteiger partial charge in [-0.1, -0.05) is 0 Å². The molecule has 1 aromatic heterocycles. The zero-order valence-electron chi connectivity index (χ0n) is 5.07. The monoisotopic (exact) mass is 120 g/mol. The maximum Gasteiger partial charge on any atom is 0.0952 e. The fourth-order valence-electron chi connectivity index (χ4n) is 1.07. The lowest BCUT2D eigenvalue weighted by atomic mass is 10.1. The maximum absolute atomic E-state index is 3.16. The summed E-state index contributed by atoms with van der Waals surface area (Å²) >= 11 is 0. The first kappa shape index (κ1) is 5.06. The number of fused-ring (bicyclic) bond motifs is 1. The molecule has 2 N–H and O–H groups in total. The van der Waals surface area contributed by atoms with E-state index in [1.807, 2.05) is 12.3 Å². The molecule has 0 bridgehead atoms. The fraction of sp³-hybridized carbons (Fsp3) is 0.286. The Hall–Kier alpha value is -0.760. The van der Waals surface area contributed by atoms with Crippen molar-refractivity contribution in [3.05, 3.63) is 30.1 Å². The van der Waals surface area contributed by atoms with Crippen molar-refractivity contribution in [2.45, 2.75) is 6.42 Å². The largest absolute Gasteiger partial charge is 0.365 e. The molecule has 0 spiro atoms. The van der Waals surface area contributed by atoms with E-state index >= 15 is 0 Å². The lowest BCUT2D eigenvalue weighted by Crippen LogP contribution is -2.20. The predicted octanol–water partition coefficient (Wildman–Crippen LogP) is 0.547. The molecule has 0 saturated heterocycles. The lowest BCUT2D eigenvalue weighted by Gasteiger charge is -2.09. The average molecular weight is 120 g/mol. The summed E-state index contributed by atoms with van der Waals surface area (Å²) < 4.78 is 0. The first-order valence-electron chi connectivity index (χ1n) is 3.12. The van der Waals surface area contributed by atoms with E-state index in [9.17, 15) is 0 Å². The van der Waals surface area contributed by atoms with E-state index < -0.39 is 0 Å². The van der Waals surface area contributed by atoms with E-state index in [4.69, 9.17) is 0 Å². The highest BCUT2D eigenvalue weighted by Gasteiger charge is 2.08. The van der Waals surface area contributed by atoms with Crippen LogP contribution in [-0.4, -0.2) is 11.5 Å². The summed E-state index contributed by atoms with van der Waals surface area (Å²) in [6.07, 6.45) is 3.04. The molecule has 2 heteroatoms. The van der Waals surface area contributed by atoms with Gasteiger partial charge in [-0.3, -0.25) is 0 Å². The Balaban J connectivity index is 2.39. The van der Waals surface area contributed by atoms with Crippen LogP contribution < -0.4 is 5.32 Å². The van der Waals surface area contributed by atoms with Crippen molar-refractivity contribution < 1.29 is 0 Å². The summed E-state index contributed by atoms with van der Waals surface area (Å²) in [4.78, 5) is 3.16. The van der Waals surface area contributed by atoms with Crippen LogP contribution in [0.15, 0.2) is 12.3 Å². The summed E-state index contributed by atoms with van der Waals surface area (Å²) in [5.41, 5.74) is 2.48. The molecular formula is C7H8N2. The molecule has 0 unspecified atom stereocenters. The number of hydrogen-bond donors (Lipinski definition) is 2. The summed E-state index contributed by atoms with van der Waals surface area (Å²) in [5.74, 6) is 0. The van der Waals surface area contributed by atoms with E-state index in [1.165, 1.54) is 11.3 Å². The van der Waals surface area contributed by atoms with E-state index in [0.717, 1.165) is 13.0 Å². The number of rotatable bonds is 0. The smallest absolute Gasteiger partial charge is 0.0952 e. The summed E-state index contributed by atoms with van der Waals surface area (Å²) in [5, 5.41) is 3.06. The van der Waals surface area contributed by atoms with Gasteiger partial charge in [-0.15, -0.1) is 0 Å². The average Bonchev–Trinajstić information content (AvgIpc) is 2.33. The first-order valence-corrected chi connectivity index (χ1v) is 3.12. The van der Waals surface area contributed by atoms with Crippen molar-refractivity contribution in [2.75, 3.05) is 6.54 Å². The van der Waals surface area contributed by atoms with Gasteiger partial charge in [0.05, 0.1) is 6.54 Å². The van der Waals surface area contributed by atoms with Crippen LogP contribution in [0.4, 0.5) is 0 Å². The Labute approximate surface area is 54.3 Å².